The lowest BCUT2D eigenvalue weighted by Crippen LogP contribution is -1.97. The van der Waals surface area contributed by atoms with E-state index in [2.05, 4.69) is 4.98 Å². The summed E-state index contributed by atoms with van der Waals surface area (Å²) in [6.45, 7) is 0. The van der Waals surface area contributed by atoms with Crippen molar-refractivity contribution in [1.29, 1.82) is 5.26 Å². The number of nitro groups is 1. The van der Waals surface area contributed by atoms with Crippen molar-refractivity contribution >= 4 is 5.82 Å². The highest BCUT2D eigenvalue weighted by Gasteiger charge is 2.18. The first-order valence-corrected chi connectivity index (χ1v) is 4.83. The molecule has 0 atom stereocenters. The molecule has 0 aliphatic carbocycles. The van der Waals surface area contributed by atoms with Gasteiger partial charge in [0.05, 0.1) is 5.56 Å². The van der Waals surface area contributed by atoms with Crippen molar-refractivity contribution in [2.24, 2.45) is 0 Å². The van der Waals surface area contributed by atoms with Gasteiger partial charge in [0.15, 0.2) is 0 Å². The first-order valence-electron chi connectivity index (χ1n) is 4.83. The van der Waals surface area contributed by atoms with Crippen molar-refractivity contribution in [2.45, 2.75) is 0 Å². The fourth-order valence-electron chi connectivity index (χ4n) is 1.49. The lowest BCUT2D eigenvalue weighted by molar-refractivity contribution is -0.388. The molecule has 0 aliphatic rings. The van der Waals surface area contributed by atoms with Crippen LogP contribution in [0, 0.1) is 21.4 Å². The molecule has 0 saturated heterocycles. The van der Waals surface area contributed by atoms with Gasteiger partial charge in [-0.2, -0.15) is 5.26 Å². The minimum absolute atomic E-state index is 0.0383. The Morgan fingerprint density at radius 3 is 2.47 bits per heavy atom. The summed E-state index contributed by atoms with van der Waals surface area (Å²) in [5.41, 5.74) is 1.15. The van der Waals surface area contributed by atoms with Crippen LogP contribution in [0.3, 0.4) is 0 Å². The second kappa shape index (κ2) is 4.41. The van der Waals surface area contributed by atoms with Gasteiger partial charge in [-0.1, -0.05) is 30.3 Å². The normalized spacial score (nSPS) is 9.59. The van der Waals surface area contributed by atoms with Crippen LogP contribution in [0.2, 0.25) is 0 Å². The zero-order chi connectivity index (χ0) is 12.3. The Morgan fingerprint density at radius 1 is 1.18 bits per heavy atom. The Balaban J connectivity index is 2.63. The van der Waals surface area contributed by atoms with Crippen molar-refractivity contribution in [1.82, 2.24) is 4.98 Å². The average Bonchev–Trinajstić information content (AvgIpc) is 2.39. The van der Waals surface area contributed by atoms with Gasteiger partial charge in [-0.15, -0.1) is 0 Å². The van der Waals surface area contributed by atoms with Gasteiger partial charge in [-0.3, -0.25) is 0 Å². The van der Waals surface area contributed by atoms with Crippen LogP contribution < -0.4 is 0 Å². The van der Waals surface area contributed by atoms with Gasteiger partial charge in [0.25, 0.3) is 5.69 Å². The molecule has 1 aromatic carbocycles. The zero-order valence-electron chi connectivity index (χ0n) is 8.70. The number of aromatic nitrogens is 1. The van der Waals surface area contributed by atoms with Crippen LogP contribution in [0.25, 0.3) is 11.1 Å². The van der Waals surface area contributed by atoms with Crippen LogP contribution >= 0.6 is 0 Å². The van der Waals surface area contributed by atoms with E-state index in [0.717, 1.165) is 0 Å². The van der Waals surface area contributed by atoms with Crippen molar-refractivity contribution in [3.05, 3.63) is 58.3 Å². The van der Waals surface area contributed by atoms with E-state index in [1.807, 2.05) is 6.07 Å². The fourth-order valence-corrected chi connectivity index (χ4v) is 1.49. The molecule has 1 aromatic heterocycles. The van der Waals surface area contributed by atoms with Crippen LogP contribution in [0.15, 0.2) is 42.5 Å². The third kappa shape index (κ3) is 2.11. The Bertz CT molecular complexity index is 603. The maximum atomic E-state index is 10.9. The highest BCUT2D eigenvalue weighted by molar-refractivity contribution is 5.71. The lowest BCUT2D eigenvalue weighted by atomic mass is 10.1. The molecular weight excluding hydrogens is 218 g/mol. The first kappa shape index (κ1) is 10.8. The van der Waals surface area contributed by atoms with Crippen LogP contribution in [-0.4, -0.2) is 9.91 Å². The average molecular weight is 225 g/mol. The molecule has 2 rings (SSSR count). The molecule has 17 heavy (non-hydrogen) atoms. The Hall–Kier alpha value is -2.74. The molecule has 0 saturated carbocycles. The summed E-state index contributed by atoms with van der Waals surface area (Å²) in [5.74, 6) is -0.296. The maximum absolute atomic E-state index is 10.9. The van der Waals surface area contributed by atoms with E-state index >= 15 is 0 Å². The number of hydrogen-bond acceptors (Lipinski definition) is 4. The summed E-state index contributed by atoms with van der Waals surface area (Å²) in [6.07, 6.45) is 0. The van der Waals surface area contributed by atoms with Crippen LogP contribution in [-0.2, 0) is 0 Å². The molecule has 0 radical (unpaired) electrons. The van der Waals surface area contributed by atoms with E-state index < -0.39 is 4.92 Å². The minimum atomic E-state index is -0.580. The van der Waals surface area contributed by atoms with Gasteiger partial charge < -0.3 is 10.1 Å². The van der Waals surface area contributed by atoms with E-state index in [9.17, 15) is 10.1 Å². The molecule has 1 heterocycles. The minimum Gasteiger partial charge on any atom is -0.358 e. The summed E-state index contributed by atoms with van der Waals surface area (Å²) in [5, 5.41) is 19.6. The number of rotatable bonds is 2. The number of nitriles is 1. The summed E-state index contributed by atoms with van der Waals surface area (Å²) >= 11 is 0. The number of hydrogen-bond donors (Lipinski definition) is 0. The highest BCUT2D eigenvalue weighted by Crippen LogP contribution is 2.27. The first-order chi connectivity index (χ1) is 8.22. The molecule has 0 bridgehead atoms. The standard InChI is InChI=1S/C12H7N3O2/c13-8-10-6-7-11(12(14-10)15(16)17)9-4-2-1-3-5-9/h1-7H. The quantitative estimate of drug-likeness (QED) is 0.581. The predicted molar refractivity (Wildman–Crippen MR) is 61.0 cm³/mol. The van der Waals surface area contributed by atoms with E-state index in [1.165, 1.54) is 6.07 Å². The molecule has 2 aromatic rings. The number of nitrogens with zero attached hydrogens (tertiary/aromatic N) is 3. The molecular formula is C12H7N3O2. The third-order valence-electron chi connectivity index (χ3n) is 2.25. The summed E-state index contributed by atoms with van der Waals surface area (Å²) in [7, 11) is 0. The Morgan fingerprint density at radius 2 is 1.88 bits per heavy atom. The van der Waals surface area contributed by atoms with E-state index in [0.29, 0.717) is 11.1 Å². The summed E-state index contributed by atoms with van der Waals surface area (Å²) < 4.78 is 0. The van der Waals surface area contributed by atoms with E-state index in [4.69, 9.17) is 5.26 Å². The van der Waals surface area contributed by atoms with E-state index in [1.54, 1.807) is 36.4 Å². The molecule has 0 N–H and O–H groups in total. The third-order valence-corrected chi connectivity index (χ3v) is 2.25. The second-order valence-electron chi connectivity index (χ2n) is 3.30. The molecule has 0 aliphatic heterocycles. The number of pyridine rings is 1. The van der Waals surface area contributed by atoms with Gasteiger partial charge in [0.2, 0.25) is 0 Å². The van der Waals surface area contributed by atoms with Crippen molar-refractivity contribution in [3.8, 4) is 17.2 Å². The monoisotopic (exact) mass is 225 g/mol. The smallest absolute Gasteiger partial charge is 0.358 e. The van der Waals surface area contributed by atoms with Crippen molar-refractivity contribution in [3.63, 3.8) is 0 Å². The highest BCUT2D eigenvalue weighted by atomic mass is 16.6. The molecule has 0 spiro atoms. The molecule has 5 heteroatoms. The largest absolute Gasteiger partial charge is 0.372 e. The number of benzene rings is 1. The van der Waals surface area contributed by atoms with Crippen molar-refractivity contribution < 1.29 is 4.92 Å². The topological polar surface area (TPSA) is 79.8 Å². The Labute approximate surface area is 97.1 Å². The fraction of sp³-hybridized carbons (Fsp3) is 0. The van der Waals surface area contributed by atoms with Gasteiger partial charge in [-0.25, -0.2) is 0 Å². The van der Waals surface area contributed by atoms with Crippen molar-refractivity contribution in [2.75, 3.05) is 0 Å². The molecule has 0 fully saturated rings. The zero-order valence-corrected chi connectivity index (χ0v) is 8.70. The van der Waals surface area contributed by atoms with Gasteiger partial charge >= 0.3 is 5.82 Å². The Kier molecular flexibility index (Phi) is 2.79. The van der Waals surface area contributed by atoms with Crippen LogP contribution in [0.5, 0.6) is 0 Å². The SMILES string of the molecule is N#Cc1ccc(-c2ccccc2)c([N+](=O)[O-])n1. The molecule has 0 amide bonds. The van der Waals surface area contributed by atoms with Gasteiger partial charge in [0, 0.05) is 6.07 Å². The van der Waals surface area contributed by atoms with Crippen LogP contribution in [0.1, 0.15) is 5.69 Å². The maximum Gasteiger partial charge on any atom is 0.372 e. The summed E-state index contributed by atoms with van der Waals surface area (Å²) in [4.78, 5) is 14.0. The molecule has 82 valence electrons. The molecule has 0 unspecified atom stereocenters. The van der Waals surface area contributed by atoms with Crippen LogP contribution in [0.4, 0.5) is 5.82 Å². The van der Waals surface area contributed by atoms with Gasteiger partial charge in [0.1, 0.15) is 6.07 Å². The second-order valence-corrected chi connectivity index (χ2v) is 3.30. The lowest BCUT2D eigenvalue weighted by Gasteiger charge is -2.01. The van der Waals surface area contributed by atoms with E-state index in [-0.39, 0.29) is 11.5 Å². The van der Waals surface area contributed by atoms with Gasteiger partial charge in [-0.05, 0) is 21.5 Å². The predicted octanol–water partition coefficient (Wildman–Crippen LogP) is 2.53. The molecule has 5 nitrogen and oxygen atoms in total. The summed E-state index contributed by atoms with van der Waals surface area (Å²) in [6, 6.07) is 13.7.